The van der Waals surface area contributed by atoms with Gasteiger partial charge in [-0.2, -0.15) is 0 Å². The van der Waals surface area contributed by atoms with E-state index in [1.54, 1.807) is 13.8 Å². The molecule has 0 saturated heterocycles. The van der Waals surface area contributed by atoms with Crippen LogP contribution in [-0.2, 0) is 13.6 Å². The van der Waals surface area contributed by atoms with Crippen LogP contribution in [0.25, 0.3) is 0 Å². The second-order valence-corrected chi connectivity index (χ2v) is 4.96. The second-order valence-electron chi connectivity index (χ2n) is 3.36. The fourth-order valence-electron chi connectivity index (χ4n) is 1.25. The van der Waals surface area contributed by atoms with E-state index in [9.17, 15) is 17.7 Å². The standard InChI is InChI=1S/C11H14F3O4P/c1-3-16-19(15,17-4-2)18-10-6-5-8(11(13)14)7-9(10)12/h5-7,11H,3-4H2,1-2H3. The zero-order valence-corrected chi connectivity index (χ0v) is 11.3. The molecule has 8 heteroatoms. The van der Waals surface area contributed by atoms with Gasteiger partial charge in [0.15, 0.2) is 11.6 Å². The molecule has 0 bridgehead atoms. The average molecular weight is 298 g/mol. The van der Waals surface area contributed by atoms with Gasteiger partial charge in [-0.3, -0.25) is 9.05 Å². The molecule has 0 aliphatic rings. The van der Waals surface area contributed by atoms with E-state index in [2.05, 4.69) is 0 Å². The molecule has 0 spiro atoms. The molecule has 19 heavy (non-hydrogen) atoms. The van der Waals surface area contributed by atoms with Gasteiger partial charge >= 0.3 is 7.82 Å². The van der Waals surface area contributed by atoms with Gasteiger partial charge in [0.25, 0.3) is 6.43 Å². The number of hydrogen-bond donors (Lipinski definition) is 0. The Kier molecular flexibility index (Phi) is 5.85. The Hall–Kier alpha value is -1.04. The number of hydrogen-bond acceptors (Lipinski definition) is 4. The summed E-state index contributed by atoms with van der Waals surface area (Å²) in [7, 11) is -3.93. The highest BCUT2D eigenvalue weighted by molar-refractivity contribution is 7.48. The molecule has 0 aromatic heterocycles. The van der Waals surface area contributed by atoms with Crippen LogP contribution in [0.3, 0.4) is 0 Å². The predicted molar refractivity (Wildman–Crippen MR) is 62.8 cm³/mol. The monoisotopic (exact) mass is 298 g/mol. The van der Waals surface area contributed by atoms with Gasteiger partial charge in [-0.15, -0.1) is 0 Å². The van der Waals surface area contributed by atoms with Crippen molar-refractivity contribution in [2.75, 3.05) is 13.2 Å². The number of phosphoric acid groups is 1. The first-order valence-electron chi connectivity index (χ1n) is 5.58. The zero-order chi connectivity index (χ0) is 14.5. The lowest BCUT2D eigenvalue weighted by atomic mass is 10.2. The van der Waals surface area contributed by atoms with Crippen molar-refractivity contribution in [2.45, 2.75) is 20.3 Å². The molecule has 108 valence electrons. The Balaban J connectivity index is 2.94. The van der Waals surface area contributed by atoms with Crippen LogP contribution in [0.2, 0.25) is 0 Å². The fourth-order valence-corrected chi connectivity index (χ4v) is 2.45. The number of phosphoric ester groups is 1. The molecule has 1 aromatic rings. The SMILES string of the molecule is CCOP(=O)(OCC)Oc1ccc(C(F)F)cc1F. The third-order valence-corrected chi connectivity index (χ3v) is 3.56. The third-order valence-electron chi connectivity index (χ3n) is 1.99. The minimum Gasteiger partial charge on any atom is -0.401 e. The third kappa shape index (κ3) is 4.53. The summed E-state index contributed by atoms with van der Waals surface area (Å²) in [6.45, 7) is 3.19. The van der Waals surface area contributed by atoms with Gasteiger partial charge in [-0.1, -0.05) is 0 Å². The molecule has 4 nitrogen and oxygen atoms in total. The highest BCUT2D eigenvalue weighted by Gasteiger charge is 2.28. The van der Waals surface area contributed by atoms with E-state index in [1.165, 1.54) is 0 Å². The minimum absolute atomic E-state index is 0.0357. The summed E-state index contributed by atoms with van der Waals surface area (Å²) >= 11 is 0. The topological polar surface area (TPSA) is 44.8 Å². The Bertz CT molecular complexity index is 457. The van der Waals surface area contributed by atoms with Crippen molar-refractivity contribution in [3.05, 3.63) is 29.6 Å². The van der Waals surface area contributed by atoms with Crippen molar-refractivity contribution in [3.63, 3.8) is 0 Å². The smallest absolute Gasteiger partial charge is 0.401 e. The van der Waals surface area contributed by atoms with Gasteiger partial charge in [-0.25, -0.2) is 17.7 Å². The van der Waals surface area contributed by atoms with Gasteiger partial charge in [0.2, 0.25) is 0 Å². The first kappa shape index (κ1) is 16.0. The lowest BCUT2D eigenvalue weighted by Gasteiger charge is -2.17. The number of benzene rings is 1. The first-order chi connectivity index (χ1) is 8.91. The van der Waals surface area contributed by atoms with Crippen LogP contribution in [0.15, 0.2) is 18.2 Å². The molecular formula is C11H14F3O4P. The molecule has 0 unspecified atom stereocenters. The van der Waals surface area contributed by atoms with E-state index >= 15 is 0 Å². The molecule has 0 aliphatic carbocycles. The van der Waals surface area contributed by atoms with Crippen LogP contribution >= 0.6 is 7.82 Å². The number of halogens is 3. The largest absolute Gasteiger partial charge is 0.530 e. The van der Waals surface area contributed by atoms with Gasteiger partial charge in [0.05, 0.1) is 13.2 Å². The predicted octanol–water partition coefficient (Wildman–Crippen LogP) is 4.32. The number of alkyl halides is 2. The molecule has 1 rings (SSSR count). The molecule has 0 heterocycles. The summed E-state index contributed by atoms with van der Waals surface area (Å²) < 4.78 is 64.6. The van der Waals surface area contributed by atoms with Crippen molar-refractivity contribution in [1.29, 1.82) is 0 Å². The van der Waals surface area contributed by atoms with Crippen LogP contribution in [0.5, 0.6) is 5.75 Å². The summed E-state index contributed by atoms with van der Waals surface area (Å²) in [5.74, 6) is -1.52. The highest BCUT2D eigenvalue weighted by Crippen LogP contribution is 2.49. The van der Waals surface area contributed by atoms with E-state index in [0.717, 1.165) is 12.1 Å². The molecule has 0 fully saturated rings. The lowest BCUT2D eigenvalue weighted by molar-refractivity contribution is 0.150. The van der Waals surface area contributed by atoms with Gasteiger partial charge in [0, 0.05) is 5.56 Å². The summed E-state index contributed by atoms with van der Waals surface area (Å²) in [6.07, 6.45) is -2.80. The van der Waals surface area contributed by atoms with Crippen LogP contribution in [0, 0.1) is 5.82 Å². The van der Waals surface area contributed by atoms with Gasteiger partial charge < -0.3 is 4.52 Å². The Morgan fingerprint density at radius 2 is 1.79 bits per heavy atom. The van der Waals surface area contributed by atoms with Crippen LogP contribution in [0.4, 0.5) is 13.2 Å². The fraction of sp³-hybridized carbons (Fsp3) is 0.455. The molecule has 0 radical (unpaired) electrons. The van der Waals surface area contributed by atoms with E-state index in [-0.39, 0.29) is 13.2 Å². The Labute approximate surface area is 109 Å². The van der Waals surface area contributed by atoms with Crippen molar-refractivity contribution >= 4 is 7.82 Å². The van der Waals surface area contributed by atoms with Crippen molar-refractivity contribution in [3.8, 4) is 5.75 Å². The van der Waals surface area contributed by atoms with E-state index in [1.807, 2.05) is 0 Å². The van der Waals surface area contributed by atoms with E-state index in [4.69, 9.17) is 13.6 Å². The number of rotatable bonds is 7. The molecular weight excluding hydrogens is 284 g/mol. The molecule has 0 atom stereocenters. The minimum atomic E-state index is -3.93. The second kappa shape index (κ2) is 6.93. The average Bonchev–Trinajstić information content (AvgIpc) is 2.32. The quantitative estimate of drug-likeness (QED) is 0.703. The molecule has 0 saturated carbocycles. The van der Waals surface area contributed by atoms with Crippen LogP contribution < -0.4 is 4.52 Å². The normalized spacial score (nSPS) is 11.9. The van der Waals surface area contributed by atoms with Crippen LogP contribution in [-0.4, -0.2) is 13.2 Å². The van der Waals surface area contributed by atoms with Crippen molar-refractivity contribution in [2.24, 2.45) is 0 Å². The summed E-state index contributed by atoms with van der Waals surface area (Å²) in [6, 6.07) is 2.55. The summed E-state index contributed by atoms with van der Waals surface area (Å²) in [4.78, 5) is 0. The maximum Gasteiger partial charge on any atom is 0.530 e. The van der Waals surface area contributed by atoms with E-state index < -0.39 is 31.4 Å². The van der Waals surface area contributed by atoms with Crippen molar-refractivity contribution in [1.82, 2.24) is 0 Å². The van der Waals surface area contributed by atoms with Gasteiger partial charge in [0.1, 0.15) is 0 Å². The first-order valence-corrected chi connectivity index (χ1v) is 7.04. The Morgan fingerprint density at radius 1 is 1.21 bits per heavy atom. The zero-order valence-electron chi connectivity index (χ0n) is 10.4. The molecule has 0 aliphatic heterocycles. The van der Waals surface area contributed by atoms with E-state index in [0.29, 0.717) is 6.07 Å². The Morgan fingerprint density at radius 3 is 2.21 bits per heavy atom. The summed E-state index contributed by atoms with van der Waals surface area (Å²) in [5, 5.41) is 0. The highest BCUT2D eigenvalue weighted by atomic mass is 31.2. The molecule has 1 aromatic carbocycles. The maximum atomic E-state index is 13.5. The molecule has 0 N–H and O–H groups in total. The van der Waals surface area contributed by atoms with Gasteiger partial charge in [-0.05, 0) is 32.0 Å². The molecule has 0 amide bonds. The van der Waals surface area contributed by atoms with Crippen molar-refractivity contribution < 1.29 is 31.3 Å². The lowest BCUT2D eigenvalue weighted by Crippen LogP contribution is -2.03. The summed E-state index contributed by atoms with van der Waals surface area (Å²) in [5.41, 5.74) is -0.493. The van der Waals surface area contributed by atoms with Crippen LogP contribution in [0.1, 0.15) is 25.8 Å². The maximum absolute atomic E-state index is 13.5.